The summed E-state index contributed by atoms with van der Waals surface area (Å²) in [4.78, 5) is 11.6. The Kier molecular flexibility index (Phi) is 6.88. The second kappa shape index (κ2) is 9.43. The number of hydrogen-bond donors (Lipinski definition) is 1. The lowest BCUT2D eigenvalue weighted by Crippen LogP contribution is -2.24. The minimum atomic E-state index is -0.422. The molecule has 2 aromatic carbocycles. The van der Waals surface area contributed by atoms with Crippen LogP contribution >= 0.6 is 0 Å². The highest BCUT2D eigenvalue weighted by Gasteiger charge is 2.00. The third-order valence-corrected chi connectivity index (χ3v) is 3.18. The van der Waals surface area contributed by atoms with Crippen LogP contribution in [0, 0.1) is 0 Å². The van der Waals surface area contributed by atoms with E-state index in [9.17, 15) is 4.79 Å². The van der Waals surface area contributed by atoms with Crippen molar-refractivity contribution in [3.8, 4) is 0 Å². The average Bonchev–Trinajstić information content (AvgIpc) is 2.59. The van der Waals surface area contributed by atoms with Crippen molar-refractivity contribution in [1.29, 1.82) is 0 Å². The molecule has 4 nitrogen and oxygen atoms in total. The van der Waals surface area contributed by atoms with Crippen LogP contribution in [-0.4, -0.2) is 19.7 Å². The summed E-state index contributed by atoms with van der Waals surface area (Å²) >= 11 is 0. The molecule has 0 saturated carbocycles. The van der Waals surface area contributed by atoms with E-state index in [2.05, 4.69) is 5.32 Å². The van der Waals surface area contributed by atoms with E-state index in [0.717, 1.165) is 16.7 Å². The van der Waals surface area contributed by atoms with Crippen LogP contribution in [0.1, 0.15) is 16.7 Å². The van der Waals surface area contributed by atoms with Crippen molar-refractivity contribution in [2.45, 2.75) is 13.2 Å². The quantitative estimate of drug-likeness (QED) is 0.846. The minimum absolute atomic E-state index is 0.275. The Hall–Kier alpha value is -2.59. The summed E-state index contributed by atoms with van der Waals surface area (Å²) in [6, 6.07) is 17.7. The minimum Gasteiger partial charge on any atom is -0.445 e. The third-order valence-electron chi connectivity index (χ3n) is 3.18. The summed E-state index contributed by atoms with van der Waals surface area (Å²) < 4.78 is 10.2. The zero-order chi connectivity index (χ0) is 16.3. The fourth-order valence-corrected chi connectivity index (χ4v) is 2.00. The van der Waals surface area contributed by atoms with E-state index >= 15 is 0 Å². The summed E-state index contributed by atoms with van der Waals surface area (Å²) in [5.41, 5.74) is 3.17. The van der Waals surface area contributed by atoms with Gasteiger partial charge in [-0.1, -0.05) is 66.7 Å². The number of alkyl carbamates (subject to hydrolysis) is 1. The van der Waals surface area contributed by atoms with E-state index < -0.39 is 6.09 Å². The van der Waals surface area contributed by atoms with Gasteiger partial charge in [-0.25, -0.2) is 4.79 Å². The summed E-state index contributed by atoms with van der Waals surface area (Å²) in [5.74, 6) is 0. The smallest absolute Gasteiger partial charge is 0.407 e. The summed E-state index contributed by atoms with van der Waals surface area (Å²) in [7, 11) is 1.68. The molecule has 0 aromatic heterocycles. The van der Waals surface area contributed by atoms with E-state index in [1.54, 1.807) is 7.11 Å². The molecule has 0 bridgehead atoms. The van der Waals surface area contributed by atoms with Crippen LogP contribution in [0.5, 0.6) is 0 Å². The van der Waals surface area contributed by atoms with Crippen LogP contribution in [0.3, 0.4) is 0 Å². The highest BCUT2D eigenvalue weighted by molar-refractivity contribution is 5.67. The average molecular weight is 311 g/mol. The Labute approximate surface area is 136 Å². The molecule has 0 atom stereocenters. The van der Waals surface area contributed by atoms with Crippen LogP contribution < -0.4 is 5.32 Å². The van der Waals surface area contributed by atoms with Crippen molar-refractivity contribution in [2.75, 3.05) is 13.7 Å². The van der Waals surface area contributed by atoms with Crippen molar-refractivity contribution in [2.24, 2.45) is 0 Å². The van der Waals surface area contributed by atoms with Crippen LogP contribution in [0.4, 0.5) is 4.79 Å². The van der Waals surface area contributed by atoms with Crippen molar-refractivity contribution in [1.82, 2.24) is 5.32 Å². The molecule has 2 rings (SSSR count). The number of hydrogen-bond acceptors (Lipinski definition) is 3. The van der Waals surface area contributed by atoms with E-state index in [1.165, 1.54) is 0 Å². The van der Waals surface area contributed by atoms with E-state index in [-0.39, 0.29) is 6.61 Å². The molecule has 0 aliphatic heterocycles. The first-order valence-corrected chi connectivity index (χ1v) is 7.47. The highest BCUT2D eigenvalue weighted by atomic mass is 16.5. The fourth-order valence-electron chi connectivity index (χ4n) is 2.00. The Bertz CT molecular complexity index is 621. The molecule has 0 spiro atoms. The molecule has 0 heterocycles. The molecule has 0 aliphatic carbocycles. The first-order chi connectivity index (χ1) is 11.3. The number of rotatable bonds is 7. The molecule has 0 radical (unpaired) electrons. The van der Waals surface area contributed by atoms with Crippen LogP contribution in [0.15, 0.2) is 60.7 Å². The molecule has 0 fully saturated rings. The SMILES string of the molecule is COCc1ccc(C=CCNC(=O)OCc2ccccc2)cc1. The lowest BCUT2D eigenvalue weighted by atomic mass is 10.1. The van der Waals surface area contributed by atoms with Crippen molar-refractivity contribution in [3.63, 3.8) is 0 Å². The van der Waals surface area contributed by atoms with E-state index in [1.807, 2.05) is 66.7 Å². The molecule has 0 aliphatic rings. The maximum Gasteiger partial charge on any atom is 0.407 e. The van der Waals surface area contributed by atoms with Crippen LogP contribution in [0.25, 0.3) is 6.08 Å². The van der Waals surface area contributed by atoms with Crippen LogP contribution in [-0.2, 0) is 22.7 Å². The fraction of sp³-hybridized carbons (Fsp3) is 0.211. The Morgan fingerprint density at radius 3 is 2.39 bits per heavy atom. The van der Waals surface area contributed by atoms with Crippen molar-refractivity contribution < 1.29 is 14.3 Å². The van der Waals surface area contributed by atoms with E-state index in [0.29, 0.717) is 13.2 Å². The van der Waals surface area contributed by atoms with Gasteiger partial charge in [0.1, 0.15) is 6.61 Å². The topological polar surface area (TPSA) is 47.6 Å². The zero-order valence-electron chi connectivity index (χ0n) is 13.2. The molecule has 0 saturated heterocycles. The number of nitrogens with one attached hydrogen (secondary N) is 1. The molecular formula is C19H21NO3. The van der Waals surface area contributed by atoms with Gasteiger partial charge in [0.2, 0.25) is 0 Å². The maximum absolute atomic E-state index is 11.6. The van der Waals surface area contributed by atoms with Gasteiger partial charge < -0.3 is 14.8 Å². The first-order valence-electron chi connectivity index (χ1n) is 7.47. The Balaban J connectivity index is 1.68. The number of benzene rings is 2. The number of methoxy groups -OCH3 is 1. The number of ether oxygens (including phenoxy) is 2. The molecule has 23 heavy (non-hydrogen) atoms. The zero-order valence-corrected chi connectivity index (χ0v) is 13.2. The van der Waals surface area contributed by atoms with E-state index in [4.69, 9.17) is 9.47 Å². The van der Waals surface area contributed by atoms with Gasteiger partial charge in [0.25, 0.3) is 0 Å². The van der Waals surface area contributed by atoms with Gasteiger partial charge in [-0.05, 0) is 16.7 Å². The number of amides is 1. The van der Waals surface area contributed by atoms with Gasteiger partial charge in [0, 0.05) is 13.7 Å². The van der Waals surface area contributed by atoms with Gasteiger partial charge in [-0.3, -0.25) is 0 Å². The normalized spacial score (nSPS) is 10.7. The van der Waals surface area contributed by atoms with Crippen molar-refractivity contribution in [3.05, 3.63) is 77.4 Å². The monoisotopic (exact) mass is 311 g/mol. The van der Waals surface area contributed by atoms with Crippen molar-refractivity contribution >= 4 is 12.2 Å². The lowest BCUT2D eigenvalue weighted by molar-refractivity contribution is 0.141. The van der Waals surface area contributed by atoms with Gasteiger partial charge >= 0.3 is 6.09 Å². The molecule has 0 unspecified atom stereocenters. The largest absolute Gasteiger partial charge is 0.445 e. The predicted molar refractivity (Wildman–Crippen MR) is 90.8 cm³/mol. The molecule has 1 N–H and O–H groups in total. The van der Waals surface area contributed by atoms with Crippen LogP contribution in [0.2, 0.25) is 0 Å². The van der Waals surface area contributed by atoms with Gasteiger partial charge in [-0.15, -0.1) is 0 Å². The molecule has 1 amide bonds. The Morgan fingerprint density at radius 2 is 1.70 bits per heavy atom. The molecular weight excluding hydrogens is 290 g/mol. The van der Waals surface area contributed by atoms with Gasteiger partial charge in [-0.2, -0.15) is 0 Å². The summed E-state index contributed by atoms with van der Waals surface area (Å²) in [5, 5.41) is 2.69. The molecule has 4 heteroatoms. The summed E-state index contributed by atoms with van der Waals surface area (Å²) in [6.07, 6.45) is 3.41. The third kappa shape index (κ3) is 6.36. The second-order valence-electron chi connectivity index (χ2n) is 5.02. The number of carbonyl (C=O) groups is 1. The van der Waals surface area contributed by atoms with Gasteiger partial charge in [0.05, 0.1) is 6.61 Å². The first kappa shape index (κ1) is 16.8. The molecule has 2 aromatic rings. The maximum atomic E-state index is 11.6. The second-order valence-corrected chi connectivity index (χ2v) is 5.02. The highest BCUT2D eigenvalue weighted by Crippen LogP contribution is 2.07. The standard InChI is InChI=1S/C19H21NO3/c1-22-14-18-11-9-16(10-12-18)8-5-13-20-19(21)23-15-17-6-3-2-4-7-17/h2-12H,13-15H2,1H3,(H,20,21). The van der Waals surface area contributed by atoms with Gasteiger partial charge in [0.15, 0.2) is 0 Å². The Morgan fingerprint density at radius 1 is 1.00 bits per heavy atom. The predicted octanol–water partition coefficient (Wildman–Crippen LogP) is 3.77. The number of carbonyl (C=O) groups excluding carboxylic acids is 1. The molecule has 120 valence electrons. The lowest BCUT2D eigenvalue weighted by Gasteiger charge is -2.05. The summed E-state index contributed by atoms with van der Waals surface area (Å²) in [6.45, 7) is 1.31.